The highest BCUT2D eigenvalue weighted by atomic mass is 79.9. The van der Waals surface area contributed by atoms with Crippen LogP contribution in [0.2, 0.25) is 0 Å². The van der Waals surface area contributed by atoms with E-state index >= 15 is 0 Å². The molecule has 1 N–H and O–H groups in total. The molecule has 1 aromatic carbocycles. The molecule has 0 saturated carbocycles. The number of aliphatic hydroxyl groups excluding tert-OH is 1. The molecule has 1 amide bonds. The average Bonchev–Trinajstić information content (AvgIpc) is 2.50. The number of hydrogen-bond acceptors (Lipinski definition) is 2. The summed E-state index contributed by atoms with van der Waals surface area (Å²) in [5.41, 5.74) is 0.469. The maximum absolute atomic E-state index is 13.0. The van der Waals surface area contributed by atoms with Gasteiger partial charge in [-0.3, -0.25) is 4.79 Å². The molecule has 15 heavy (non-hydrogen) atoms. The van der Waals surface area contributed by atoms with Crippen LogP contribution in [0, 0.1) is 5.82 Å². The van der Waals surface area contributed by atoms with Gasteiger partial charge < -0.3 is 10.0 Å². The van der Waals surface area contributed by atoms with Gasteiger partial charge in [0.1, 0.15) is 5.82 Å². The Labute approximate surface area is 94.6 Å². The molecule has 1 atom stereocenters. The van der Waals surface area contributed by atoms with Crippen LogP contribution in [-0.4, -0.2) is 23.7 Å². The van der Waals surface area contributed by atoms with Crippen LogP contribution >= 0.6 is 15.9 Å². The lowest BCUT2D eigenvalue weighted by Crippen LogP contribution is -2.25. The Morgan fingerprint density at radius 2 is 2.27 bits per heavy atom. The van der Waals surface area contributed by atoms with E-state index in [0.29, 0.717) is 10.2 Å². The van der Waals surface area contributed by atoms with Crippen molar-refractivity contribution in [3.05, 3.63) is 28.5 Å². The summed E-state index contributed by atoms with van der Waals surface area (Å²) < 4.78 is 13.6. The number of hydrogen-bond donors (Lipinski definition) is 1. The number of benzene rings is 1. The first-order chi connectivity index (χ1) is 7.08. The number of carbonyl (C=O) groups excluding carboxylic acids is 1. The lowest BCUT2D eigenvalue weighted by atomic mass is 10.3. The van der Waals surface area contributed by atoms with Gasteiger partial charge in [0.15, 0.2) is 0 Å². The minimum Gasteiger partial charge on any atom is -0.391 e. The lowest BCUT2D eigenvalue weighted by Gasteiger charge is -2.17. The standard InChI is InChI=1S/C10H9BrFNO2/c11-8-2-1-6(12)3-9(8)13-5-7(14)4-10(13)15/h1-3,7,14H,4-5H2. The zero-order valence-corrected chi connectivity index (χ0v) is 9.37. The van der Waals surface area contributed by atoms with Crippen LogP contribution in [0.4, 0.5) is 10.1 Å². The summed E-state index contributed by atoms with van der Waals surface area (Å²) in [4.78, 5) is 12.9. The SMILES string of the molecule is O=C1CC(O)CN1c1cc(F)ccc1Br. The van der Waals surface area contributed by atoms with E-state index in [2.05, 4.69) is 15.9 Å². The Bertz CT molecular complexity index is 410. The highest BCUT2D eigenvalue weighted by Crippen LogP contribution is 2.30. The molecule has 0 aliphatic carbocycles. The number of amides is 1. The Morgan fingerprint density at radius 3 is 2.87 bits per heavy atom. The maximum Gasteiger partial charge on any atom is 0.229 e. The highest BCUT2D eigenvalue weighted by molar-refractivity contribution is 9.10. The van der Waals surface area contributed by atoms with E-state index in [1.54, 1.807) is 6.07 Å². The van der Waals surface area contributed by atoms with Crippen molar-refractivity contribution in [1.29, 1.82) is 0 Å². The fraction of sp³-hybridized carbons (Fsp3) is 0.300. The first-order valence-corrected chi connectivity index (χ1v) is 5.30. The van der Waals surface area contributed by atoms with Gasteiger partial charge >= 0.3 is 0 Å². The number of rotatable bonds is 1. The molecule has 5 heteroatoms. The second-order valence-electron chi connectivity index (χ2n) is 3.46. The van der Waals surface area contributed by atoms with Crippen molar-refractivity contribution < 1.29 is 14.3 Å². The highest BCUT2D eigenvalue weighted by Gasteiger charge is 2.30. The lowest BCUT2D eigenvalue weighted by molar-refractivity contribution is -0.117. The summed E-state index contributed by atoms with van der Waals surface area (Å²) >= 11 is 3.25. The number of halogens is 2. The van der Waals surface area contributed by atoms with Crippen LogP contribution in [0.25, 0.3) is 0 Å². The molecule has 1 saturated heterocycles. The normalized spacial score (nSPS) is 21.1. The van der Waals surface area contributed by atoms with E-state index in [-0.39, 0.29) is 18.9 Å². The van der Waals surface area contributed by atoms with E-state index in [9.17, 15) is 14.3 Å². The number of anilines is 1. The summed E-state index contributed by atoms with van der Waals surface area (Å²) in [6.07, 6.45) is -0.559. The number of aliphatic hydroxyl groups is 1. The van der Waals surface area contributed by atoms with Crippen molar-refractivity contribution in [1.82, 2.24) is 0 Å². The Hall–Kier alpha value is -0.940. The van der Waals surface area contributed by atoms with Crippen LogP contribution in [0.15, 0.2) is 22.7 Å². The summed E-state index contributed by atoms with van der Waals surface area (Å²) in [6.45, 7) is 0.223. The van der Waals surface area contributed by atoms with Crippen LogP contribution in [0.3, 0.4) is 0 Å². The molecule has 1 aromatic rings. The van der Waals surface area contributed by atoms with Crippen LogP contribution in [0.1, 0.15) is 6.42 Å². The largest absolute Gasteiger partial charge is 0.391 e. The van der Waals surface area contributed by atoms with E-state index in [4.69, 9.17) is 0 Å². The molecule has 1 aliphatic rings. The minimum absolute atomic E-state index is 0.100. The number of nitrogens with zero attached hydrogens (tertiary/aromatic N) is 1. The molecule has 1 fully saturated rings. The predicted octanol–water partition coefficient (Wildman–Crippen LogP) is 1.69. The maximum atomic E-state index is 13.0. The summed E-state index contributed by atoms with van der Waals surface area (Å²) in [5, 5.41) is 9.32. The first kappa shape index (κ1) is 10.6. The third kappa shape index (κ3) is 2.03. The van der Waals surface area contributed by atoms with Gasteiger partial charge in [-0.15, -0.1) is 0 Å². The molecule has 3 nitrogen and oxygen atoms in total. The smallest absolute Gasteiger partial charge is 0.229 e. The molecule has 1 aliphatic heterocycles. The van der Waals surface area contributed by atoms with E-state index in [1.165, 1.54) is 17.0 Å². The Kier molecular flexibility index (Phi) is 2.75. The fourth-order valence-electron chi connectivity index (χ4n) is 1.61. The predicted molar refractivity (Wildman–Crippen MR) is 57.1 cm³/mol. The number of β-amino-alcohol motifs (C(OH)–C–C–N with tert-alkyl or cyclic N) is 1. The van der Waals surface area contributed by atoms with Gasteiger partial charge in [-0.1, -0.05) is 0 Å². The van der Waals surface area contributed by atoms with Crippen LogP contribution < -0.4 is 4.90 Å². The molecular formula is C10H9BrFNO2. The monoisotopic (exact) mass is 273 g/mol. The van der Waals surface area contributed by atoms with Crippen molar-refractivity contribution in [2.45, 2.75) is 12.5 Å². The summed E-state index contributed by atoms with van der Waals surface area (Å²) in [6, 6.07) is 4.13. The molecule has 0 aromatic heterocycles. The van der Waals surface area contributed by atoms with Gasteiger partial charge in [-0.25, -0.2) is 4.39 Å². The average molecular weight is 274 g/mol. The molecule has 0 spiro atoms. The Balaban J connectivity index is 2.37. The van der Waals surface area contributed by atoms with Crippen molar-refractivity contribution in [2.75, 3.05) is 11.4 Å². The molecule has 2 rings (SSSR count). The van der Waals surface area contributed by atoms with Gasteiger partial charge in [0.25, 0.3) is 0 Å². The topological polar surface area (TPSA) is 40.5 Å². The van der Waals surface area contributed by atoms with E-state index in [1.807, 2.05) is 0 Å². The molecule has 0 bridgehead atoms. The van der Waals surface area contributed by atoms with Crippen molar-refractivity contribution in [2.24, 2.45) is 0 Å². The molecule has 80 valence electrons. The van der Waals surface area contributed by atoms with Crippen molar-refractivity contribution in [3.63, 3.8) is 0 Å². The second kappa shape index (κ2) is 3.90. The van der Waals surface area contributed by atoms with Gasteiger partial charge in [0.2, 0.25) is 5.91 Å². The van der Waals surface area contributed by atoms with Crippen LogP contribution in [0.5, 0.6) is 0 Å². The van der Waals surface area contributed by atoms with Crippen molar-refractivity contribution >= 4 is 27.5 Å². The van der Waals surface area contributed by atoms with E-state index < -0.39 is 11.9 Å². The zero-order chi connectivity index (χ0) is 11.0. The summed E-state index contributed by atoms with van der Waals surface area (Å²) in [7, 11) is 0. The Morgan fingerprint density at radius 1 is 1.53 bits per heavy atom. The zero-order valence-electron chi connectivity index (χ0n) is 7.78. The third-order valence-electron chi connectivity index (χ3n) is 2.30. The minimum atomic E-state index is -0.660. The second-order valence-corrected chi connectivity index (χ2v) is 4.31. The first-order valence-electron chi connectivity index (χ1n) is 4.51. The number of carbonyl (C=O) groups is 1. The third-order valence-corrected chi connectivity index (χ3v) is 2.97. The van der Waals surface area contributed by atoms with Gasteiger partial charge in [-0.05, 0) is 34.1 Å². The van der Waals surface area contributed by atoms with Crippen LogP contribution in [-0.2, 0) is 4.79 Å². The fourth-order valence-corrected chi connectivity index (χ4v) is 2.07. The summed E-state index contributed by atoms with van der Waals surface area (Å²) in [5.74, 6) is -0.587. The molecule has 1 unspecified atom stereocenters. The van der Waals surface area contributed by atoms with Crippen molar-refractivity contribution in [3.8, 4) is 0 Å². The van der Waals surface area contributed by atoms with Gasteiger partial charge in [0, 0.05) is 4.47 Å². The van der Waals surface area contributed by atoms with E-state index in [0.717, 1.165) is 0 Å². The molecule has 1 heterocycles. The molecule has 0 radical (unpaired) electrons. The van der Waals surface area contributed by atoms with Gasteiger partial charge in [-0.2, -0.15) is 0 Å². The van der Waals surface area contributed by atoms with Gasteiger partial charge in [0.05, 0.1) is 24.8 Å². The molecular weight excluding hydrogens is 265 g/mol. The quantitative estimate of drug-likeness (QED) is 0.846.